The van der Waals surface area contributed by atoms with Crippen molar-refractivity contribution in [2.24, 2.45) is 0 Å². The molecule has 3 aromatic rings. The zero-order chi connectivity index (χ0) is 20.1. The van der Waals surface area contributed by atoms with Gasteiger partial charge in [0.25, 0.3) is 5.56 Å². The highest BCUT2D eigenvalue weighted by Crippen LogP contribution is 2.16. The summed E-state index contributed by atoms with van der Waals surface area (Å²) in [5.74, 6) is 1.30. The number of carbonyl (C=O) groups is 1. The Morgan fingerprint density at radius 3 is 2.64 bits per heavy atom. The molecule has 0 radical (unpaired) electrons. The minimum Gasteiger partial charge on any atom is -0.494 e. The van der Waals surface area contributed by atoms with Gasteiger partial charge in [-0.2, -0.15) is 9.78 Å². The minimum atomic E-state index is -0.262. The number of benzene rings is 1. The molecule has 0 unspecified atom stereocenters. The number of hydrogen-bond acceptors (Lipinski definition) is 5. The summed E-state index contributed by atoms with van der Waals surface area (Å²) in [6.45, 7) is 6.24. The Balaban J connectivity index is 1.78. The fourth-order valence-electron chi connectivity index (χ4n) is 2.77. The van der Waals surface area contributed by atoms with Crippen molar-refractivity contribution in [1.82, 2.24) is 19.7 Å². The third-order valence-corrected chi connectivity index (χ3v) is 4.04. The van der Waals surface area contributed by atoms with Crippen LogP contribution in [0, 0.1) is 6.92 Å². The first-order valence-corrected chi connectivity index (χ1v) is 9.17. The number of rotatable bonds is 7. The summed E-state index contributed by atoms with van der Waals surface area (Å²) in [5.41, 5.74) is 1.95. The SMILES string of the molecule is CCOc1ccc(CC(=O)Nc2cc(C)nn2-c2nc(CC)cc(=O)[nH]2)cc1. The number of aromatic nitrogens is 4. The van der Waals surface area contributed by atoms with Crippen LogP contribution in [-0.2, 0) is 17.6 Å². The van der Waals surface area contributed by atoms with E-state index in [2.05, 4.69) is 20.4 Å². The van der Waals surface area contributed by atoms with Crippen LogP contribution in [0.2, 0.25) is 0 Å². The van der Waals surface area contributed by atoms with E-state index >= 15 is 0 Å². The van der Waals surface area contributed by atoms with Crippen LogP contribution in [0.3, 0.4) is 0 Å². The normalized spacial score (nSPS) is 10.7. The van der Waals surface area contributed by atoms with Gasteiger partial charge in [0.2, 0.25) is 11.9 Å². The molecule has 1 aromatic carbocycles. The molecule has 2 N–H and O–H groups in total. The number of H-pyrrole nitrogens is 1. The number of anilines is 1. The second kappa shape index (κ2) is 8.51. The molecule has 1 amide bonds. The van der Waals surface area contributed by atoms with Crippen molar-refractivity contribution in [2.75, 3.05) is 11.9 Å². The monoisotopic (exact) mass is 381 g/mol. The summed E-state index contributed by atoms with van der Waals surface area (Å²) < 4.78 is 6.85. The highest BCUT2D eigenvalue weighted by molar-refractivity contribution is 5.91. The highest BCUT2D eigenvalue weighted by atomic mass is 16.5. The Bertz CT molecular complexity index is 1020. The van der Waals surface area contributed by atoms with Gasteiger partial charge in [0, 0.05) is 17.8 Å². The maximum atomic E-state index is 12.5. The average Bonchev–Trinajstić information content (AvgIpc) is 3.03. The van der Waals surface area contributed by atoms with Gasteiger partial charge >= 0.3 is 0 Å². The van der Waals surface area contributed by atoms with Gasteiger partial charge in [0.1, 0.15) is 11.6 Å². The van der Waals surface area contributed by atoms with E-state index in [4.69, 9.17) is 4.74 Å². The summed E-state index contributed by atoms with van der Waals surface area (Å²) in [7, 11) is 0. The lowest BCUT2D eigenvalue weighted by Crippen LogP contribution is -2.20. The van der Waals surface area contributed by atoms with Crippen LogP contribution in [0.25, 0.3) is 5.95 Å². The summed E-state index contributed by atoms with van der Waals surface area (Å²) in [4.78, 5) is 31.4. The number of nitrogens with zero attached hydrogens (tertiary/aromatic N) is 3. The largest absolute Gasteiger partial charge is 0.494 e. The number of aromatic amines is 1. The van der Waals surface area contributed by atoms with Gasteiger partial charge in [-0.15, -0.1) is 0 Å². The van der Waals surface area contributed by atoms with E-state index in [1.54, 1.807) is 13.0 Å². The first-order chi connectivity index (χ1) is 13.5. The Hall–Kier alpha value is -3.42. The molecule has 0 bridgehead atoms. The number of amides is 1. The lowest BCUT2D eigenvalue weighted by Gasteiger charge is -2.09. The summed E-state index contributed by atoms with van der Waals surface area (Å²) in [6.07, 6.45) is 0.826. The van der Waals surface area contributed by atoms with Crippen molar-refractivity contribution in [3.63, 3.8) is 0 Å². The zero-order valence-electron chi connectivity index (χ0n) is 16.2. The molecule has 0 spiro atoms. The lowest BCUT2D eigenvalue weighted by atomic mass is 10.1. The minimum absolute atomic E-state index is 0.195. The van der Waals surface area contributed by atoms with Crippen LogP contribution in [0.4, 0.5) is 5.82 Å². The maximum absolute atomic E-state index is 12.5. The zero-order valence-corrected chi connectivity index (χ0v) is 16.2. The fourth-order valence-corrected chi connectivity index (χ4v) is 2.77. The van der Waals surface area contributed by atoms with Gasteiger partial charge in [-0.05, 0) is 38.0 Å². The van der Waals surface area contributed by atoms with E-state index in [0.717, 1.165) is 11.3 Å². The van der Waals surface area contributed by atoms with E-state index in [-0.39, 0.29) is 23.8 Å². The highest BCUT2D eigenvalue weighted by Gasteiger charge is 2.14. The van der Waals surface area contributed by atoms with E-state index in [0.29, 0.717) is 30.2 Å². The van der Waals surface area contributed by atoms with E-state index in [1.165, 1.54) is 10.7 Å². The molecule has 2 heterocycles. The second-order valence-electron chi connectivity index (χ2n) is 6.30. The molecule has 8 nitrogen and oxygen atoms in total. The lowest BCUT2D eigenvalue weighted by molar-refractivity contribution is -0.115. The van der Waals surface area contributed by atoms with E-state index < -0.39 is 0 Å². The maximum Gasteiger partial charge on any atom is 0.252 e. The molecule has 2 aromatic heterocycles. The van der Waals surface area contributed by atoms with Gasteiger partial charge in [-0.25, -0.2) is 4.98 Å². The van der Waals surface area contributed by atoms with Crippen molar-refractivity contribution in [2.45, 2.75) is 33.6 Å². The van der Waals surface area contributed by atoms with Gasteiger partial charge in [-0.1, -0.05) is 19.1 Å². The second-order valence-corrected chi connectivity index (χ2v) is 6.30. The van der Waals surface area contributed by atoms with Crippen LogP contribution in [0.5, 0.6) is 5.75 Å². The quantitative estimate of drug-likeness (QED) is 0.654. The van der Waals surface area contributed by atoms with Crippen molar-refractivity contribution in [3.05, 3.63) is 63.7 Å². The first kappa shape index (κ1) is 19.3. The molecule has 3 rings (SSSR count). The Morgan fingerprint density at radius 2 is 1.96 bits per heavy atom. The van der Waals surface area contributed by atoms with Gasteiger partial charge in [0.05, 0.1) is 18.7 Å². The van der Waals surface area contributed by atoms with Crippen molar-refractivity contribution in [3.8, 4) is 11.7 Å². The summed E-state index contributed by atoms with van der Waals surface area (Å²) >= 11 is 0. The van der Waals surface area contributed by atoms with Gasteiger partial charge in [0.15, 0.2) is 0 Å². The molecular formula is C20H23N5O3. The molecule has 0 aliphatic heterocycles. The molecule has 0 fully saturated rings. The Kier molecular flexibility index (Phi) is 5.88. The summed E-state index contributed by atoms with van der Waals surface area (Å²) in [6, 6.07) is 10.6. The first-order valence-electron chi connectivity index (χ1n) is 9.17. The van der Waals surface area contributed by atoms with E-state index in [9.17, 15) is 9.59 Å². The average molecular weight is 381 g/mol. The third kappa shape index (κ3) is 4.64. The van der Waals surface area contributed by atoms with Crippen LogP contribution in [0.15, 0.2) is 41.2 Å². The van der Waals surface area contributed by atoms with Gasteiger partial charge in [-0.3, -0.25) is 14.6 Å². The van der Waals surface area contributed by atoms with Crippen LogP contribution >= 0.6 is 0 Å². The fraction of sp³-hybridized carbons (Fsp3) is 0.300. The van der Waals surface area contributed by atoms with Crippen molar-refractivity contribution in [1.29, 1.82) is 0 Å². The van der Waals surface area contributed by atoms with Crippen LogP contribution in [0.1, 0.15) is 30.8 Å². The number of nitrogens with one attached hydrogen (secondary N) is 2. The molecule has 0 atom stereocenters. The molecule has 0 saturated carbocycles. The van der Waals surface area contributed by atoms with Crippen LogP contribution < -0.4 is 15.6 Å². The Labute approximate surface area is 162 Å². The number of hydrogen-bond donors (Lipinski definition) is 2. The number of ether oxygens (including phenoxy) is 1. The number of aryl methyl sites for hydroxylation is 2. The van der Waals surface area contributed by atoms with Gasteiger partial charge < -0.3 is 10.1 Å². The van der Waals surface area contributed by atoms with Crippen molar-refractivity contribution >= 4 is 11.7 Å². The van der Waals surface area contributed by atoms with E-state index in [1.807, 2.05) is 38.1 Å². The standard InChI is InChI=1S/C20H23N5O3/c1-4-15-12-19(27)23-20(21-15)25-17(10-13(3)24-25)22-18(26)11-14-6-8-16(9-7-14)28-5-2/h6-10,12H,4-5,11H2,1-3H3,(H,22,26)(H,21,23,27). The topological polar surface area (TPSA) is 102 Å². The predicted octanol–water partition coefficient (Wildman–Crippen LogP) is 2.41. The predicted molar refractivity (Wildman–Crippen MR) is 106 cm³/mol. The molecule has 28 heavy (non-hydrogen) atoms. The molecular weight excluding hydrogens is 358 g/mol. The molecule has 146 valence electrons. The third-order valence-electron chi connectivity index (χ3n) is 4.04. The van der Waals surface area contributed by atoms with Crippen molar-refractivity contribution < 1.29 is 9.53 Å². The van der Waals surface area contributed by atoms with Crippen LogP contribution in [-0.4, -0.2) is 32.3 Å². The Morgan fingerprint density at radius 1 is 1.21 bits per heavy atom. The smallest absolute Gasteiger partial charge is 0.252 e. The number of carbonyl (C=O) groups excluding carboxylic acids is 1. The molecule has 8 heteroatoms. The molecule has 0 aliphatic rings. The molecule has 0 aliphatic carbocycles. The molecule has 0 saturated heterocycles. The summed E-state index contributed by atoms with van der Waals surface area (Å²) in [5, 5.41) is 7.19.